The van der Waals surface area contributed by atoms with Gasteiger partial charge in [0, 0.05) is 211 Å². The van der Waals surface area contributed by atoms with E-state index in [1.165, 1.54) is 96.6 Å². The van der Waals surface area contributed by atoms with Crippen LogP contribution in [-0.2, 0) is 35.4 Å². The van der Waals surface area contributed by atoms with Gasteiger partial charge in [-0.1, -0.05) is 69.8 Å². The number of hydrogen-bond acceptors (Lipinski definition) is 6. The van der Waals surface area contributed by atoms with Gasteiger partial charge in [-0.15, -0.1) is 0 Å². The third kappa shape index (κ3) is 10.2. The molecule has 0 amide bonds. The van der Waals surface area contributed by atoms with E-state index in [0.29, 0.717) is 0 Å². The Labute approximate surface area is 519 Å². The van der Waals surface area contributed by atoms with Gasteiger partial charge in [0.2, 0.25) is 0 Å². The van der Waals surface area contributed by atoms with E-state index in [-0.39, 0.29) is 0 Å². The van der Waals surface area contributed by atoms with E-state index in [1.54, 1.807) is 4.57 Å². The molecule has 450 valence electrons. The number of ether oxygens (including phenoxy) is 3. The van der Waals surface area contributed by atoms with E-state index >= 15 is 0 Å². The molecule has 0 spiro atoms. The lowest BCUT2D eigenvalue weighted by Gasteiger charge is -2.04. The molecule has 90 heavy (non-hydrogen) atoms. The lowest BCUT2D eigenvalue weighted by atomic mass is 9.97. The van der Waals surface area contributed by atoms with Gasteiger partial charge in [-0.25, -0.2) is 14.4 Å². The second-order valence-electron chi connectivity index (χ2n) is 23.7. The molecule has 0 atom stereocenters. The third-order valence-electron chi connectivity index (χ3n) is 17.1. The third-order valence-corrected chi connectivity index (χ3v) is 17.1. The molecule has 0 saturated heterocycles. The summed E-state index contributed by atoms with van der Waals surface area (Å²) in [4.78, 5) is 47.7. The van der Waals surface area contributed by atoms with Crippen molar-refractivity contribution < 1.29 is 28.6 Å². The average molecular weight is 1190 g/mol. The van der Waals surface area contributed by atoms with Crippen molar-refractivity contribution in [2.24, 2.45) is 21.1 Å². The van der Waals surface area contributed by atoms with Crippen molar-refractivity contribution in [1.29, 1.82) is 0 Å². The summed E-state index contributed by atoms with van der Waals surface area (Å²) in [6, 6.07) is 37.6. The molecule has 15 nitrogen and oxygen atoms in total. The summed E-state index contributed by atoms with van der Waals surface area (Å²) in [7, 11) is 10.2. The fraction of sp³-hybridized carbons (Fsp3) is 0.160. The highest BCUT2D eigenvalue weighted by Gasteiger charge is 2.25. The van der Waals surface area contributed by atoms with Crippen LogP contribution in [0.1, 0.15) is 33.4 Å². The largest absolute Gasteiger partial charge is 0.452 e. The maximum atomic E-state index is 12.5. The first-order valence-corrected chi connectivity index (χ1v) is 29.7. The van der Waals surface area contributed by atoms with E-state index in [0.717, 1.165) is 99.4 Å². The number of benzene rings is 6. The lowest BCUT2D eigenvalue weighted by molar-refractivity contribution is 0.173. The van der Waals surface area contributed by atoms with E-state index < -0.39 is 18.3 Å². The average Bonchev–Trinajstić information content (AvgIpc) is 1.62. The summed E-state index contributed by atoms with van der Waals surface area (Å²) >= 11 is 0. The first-order chi connectivity index (χ1) is 43.4. The van der Waals surface area contributed by atoms with Crippen molar-refractivity contribution in [2.45, 2.75) is 41.5 Å². The van der Waals surface area contributed by atoms with Crippen molar-refractivity contribution in [3.05, 3.63) is 217 Å². The van der Waals surface area contributed by atoms with Gasteiger partial charge in [0.05, 0.1) is 37.9 Å². The standard InChI is InChI=1S/C27H25N3O4.C25H23N3O2.C23H21N3/c1-16-6-8-24-18(10-16)22(14-29(24)26(31)33-4)20-12-28(3)13-21(20)23-15-30(27(32)34-5)25-9-7-17(2)11-19(23)25;1-15-5-7-23-17(9-15)19(11-26-23)20-12-27(3)13-21(20)22-14-28(25(29)30-4)24-8-6-16(2)10-18(22)24;1-14-4-6-22-16(8-14)18(10-24-22)20-12-26(3)13-21(20)19-11-25-23-7-5-15(2)9-17(19)23/h6-15H,1-5H3;5-14,26H,1-4H3;4-13,24-25H,1-3H3. The van der Waals surface area contributed by atoms with Gasteiger partial charge in [-0.2, -0.15) is 0 Å². The van der Waals surface area contributed by atoms with E-state index in [2.05, 4.69) is 175 Å². The highest BCUT2D eigenvalue weighted by molar-refractivity contribution is 6.10. The van der Waals surface area contributed by atoms with Gasteiger partial charge >= 0.3 is 18.3 Å². The zero-order chi connectivity index (χ0) is 63.0. The minimum Gasteiger partial charge on any atom is -0.452 e. The Hall–Kier alpha value is -11.2. The molecule has 0 aliphatic carbocycles. The van der Waals surface area contributed by atoms with Gasteiger partial charge in [-0.3, -0.25) is 13.7 Å². The van der Waals surface area contributed by atoms with Crippen LogP contribution >= 0.6 is 0 Å². The van der Waals surface area contributed by atoms with Crippen LogP contribution in [0.15, 0.2) is 184 Å². The normalized spacial score (nSPS) is 11.5. The van der Waals surface area contributed by atoms with E-state index in [1.807, 2.05) is 99.9 Å². The molecule has 0 radical (unpaired) electrons. The maximum Gasteiger partial charge on any atom is 0.418 e. The minimum absolute atomic E-state index is 0.393. The van der Waals surface area contributed by atoms with Gasteiger partial charge in [0.15, 0.2) is 0 Å². The molecule has 0 aliphatic heterocycles. The molecule has 15 aromatic rings. The quantitative estimate of drug-likeness (QED) is 0.141. The van der Waals surface area contributed by atoms with Crippen LogP contribution < -0.4 is 0 Å². The number of aryl methyl sites for hydroxylation is 9. The summed E-state index contributed by atoms with van der Waals surface area (Å²) in [5.41, 5.74) is 26.0. The van der Waals surface area contributed by atoms with Crippen molar-refractivity contribution in [1.82, 2.24) is 42.4 Å². The number of nitrogens with one attached hydrogen (secondary N) is 3. The second kappa shape index (κ2) is 22.8. The summed E-state index contributed by atoms with van der Waals surface area (Å²) in [6.07, 6.45) is 23.3. The molecule has 0 saturated carbocycles. The Morgan fingerprint density at radius 3 is 0.756 bits per heavy atom. The van der Waals surface area contributed by atoms with Crippen LogP contribution in [0, 0.1) is 41.5 Å². The van der Waals surface area contributed by atoms with Crippen LogP contribution in [0.5, 0.6) is 0 Å². The number of methoxy groups -OCH3 is 3. The molecule has 0 unspecified atom stereocenters. The van der Waals surface area contributed by atoms with Crippen molar-refractivity contribution in [2.75, 3.05) is 21.3 Å². The van der Waals surface area contributed by atoms with Crippen molar-refractivity contribution in [3.63, 3.8) is 0 Å². The fourth-order valence-corrected chi connectivity index (χ4v) is 12.8. The fourth-order valence-electron chi connectivity index (χ4n) is 12.8. The molecule has 6 aromatic carbocycles. The number of nitrogens with zero attached hydrogens (tertiary/aromatic N) is 6. The highest BCUT2D eigenvalue weighted by atomic mass is 16.5. The van der Waals surface area contributed by atoms with Gasteiger partial charge in [0.1, 0.15) is 0 Å². The molecule has 3 N–H and O–H groups in total. The van der Waals surface area contributed by atoms with Crippen LogP contribution in [-0.4, -0.2) is 82.0 Å². The van der Waals surface area contributed by atoms with Gasteiger partial charge in [0.25, 0.3) is 0 Å². The Balaban J connectivity index is 0.000000125. The number of carbonyl (C=O) groups excluding carboxylic acids is 3. The molecular weight excluding hydrogens is 1120 g/mol. The Kier molecular flexibility index (Phi) is 14.7. The molecule has 15 rings (SSSR count). The summed E-state index contributed by atoms with van der Waals surface area (Å²) in [6.45, 7) is 12.5. The van der Waals surface area contributed by atoms with Crippen LogP contribution in [0.25, 0.3) is 132 Å². The van der Waals surface area contributed by atoms with E-state index in [4.69, 9.17) is 14.2 Å². The summed E-state index contributed by atoms with van der Waals surface area (Å²) < 4.78 is 25.9. The monoisotopic (exact) mass is 1190 g/mol. The summed E-state index contributed by atoms with van der Waals surface area (Å²) in [5.74, 6) is 0. The molecule has 9 aromatic heterocycles. The number of carbonyl (C=O) groups is 3. The number of H-pyrrole nitrogens is 3. The molecule has 0 fully saturated rings. The minimum atomic E-state index is -0.449. The summed E-state index contributed by atoms with van der Waals surface area (Å²) in [5, 5.41) is 6.66. The Morgan fingerprint density at radius 1 is 0.289 bits per heavy atom. The zero-order valence-corrected chi connectivity index (χ0v) is 52.5. The molecule has 0 bridgehead atoms. The van der Waals surface area contributed by atoms with Gasteiger partial charge < -0.3 is 42.9 Å². The second-order valence-corrected chi connectivity index (χ2v) is 23.7. The topological polar surface area (TPSA) is 156 Å². The molecular formula is C75H69N9O6. The number of hydrogen-bond donors (Lipinski definition) is 3. The van der Waals surface area contributed by atoms with Crippen LogP contribution in [0.2, 0.25) is 0 Å². The van der Waals surface area contributed by atoms with Crippen LogP contribution in [0.3, 0.4) is 0 Å². The number of aromatic nitrogens is 9. The smallest absolute Gasteiger partial charge is 0.418 e. The first kappa shape index (κ1) is 57.9. The highest BCUT2D eigenvalue weighted by Crippen LogP contribution is 2.45. The van der Waals surface area contributed by atoms with Crippen molar-refractivity contribution in [3.8, 4) is 66.8 Å². The molecule has 0 aliphatic rings. The Bertz CT molecular complexity index is 5130. The van der Waals surface area contributed by atoms with Crippen molar-refractivity contribution >= 4 is 83.7 Å². The number of aromatic amines is 3. The van der Waals surface area contributed by atoms with Gasteiger partial charge in [-0.05, 0) is 114 Å². The first-order valence-electron chi connectivity index (χ1n) is 29.7. The maximum absolute atomic E-state index is 12.5. The molecule has 15 heteroatoms. The zero-order valence-electron chi connectivity index (χ0n) is 52.5. The van der Waals surface area contributed by atoms with E-state index in [9.17, 15) is 14.4 Å². The number of fused-ring (bicyclic) bond motifs is 6. The predicted molar refractivity (Wildman–Crippen MR) is 363 cm³/mol. The Morgan fingerprint density at radius 2 is 0.511 bits per heavy atom. The molecule has 9 heterocycles. The van der Waals surface area contributed by atoms with Crippen LogP contribution in [0.4, 0.5) is 14.4 Å². The lowest BCUT2D eigenvalue weighted by Crippen LogP contribution is -2.09. The predicted octanol–water partition coefficient (Wildman–Crippen LogP) is 18.1. The SMILES string of the molecule is COC(=O)n1cc(-c2cn(C)cc2-c2c[nH]c3ccc(C)cc23)c2cc(C)ccc21.COC(=O)n1cc(-c2cn(C)cc2-c2cn(C(=O)OC)c3ccc(C)cc23)c2cc(C)ccc21.Cc1ccc2[nH]cc(-c3cn(C)cc3-c3c[nH]c4ccc(C)cc34)c2c1. The number of rotatable bonds is 6.